The number of rotatable bonds is 8. The van der Waals surface area contributed by atoms with Crippen molar-refractivity contribution in [1.29, 1.82) is 0 Å². The standard InChI is InChI=1S/C20H17F2NO6/c1-27-15-9-5-14(6-10-15)19(26)23-17(24)12-28-18(25)11-4-13-2-7-16(8-3-13)29-20(21)22/h2-11,20H,12H2,1H3,(H,23,24,26). The zero-order chi connectivity index (χ0) is 21.2. The monoisotopic (exact) mass is 405 g/mol. The zero-order valence-corrected chi connectivity index (χ0v) is 15.3. The van der Waals surface area contributed by atoms with Crippen LogP contribution in [0.2, 0.25) is 0 Å². The molecule has 0 atom stereocenters. The average Bonchev–Trinajstić information content (AvgIpc) is 2.71. The van der Waals surface area contributed by atoms with Crippen molar-refractivity contribution in [2.75, 3.05) is 13.7 Å². The van der Waals surface area contributed by atoms with Crippen LogP contribution < -0.4 is 14.8 Å². The summed E-state index contributed by atoms with van der Waals surface area (Å²) in [4.78, 5) is 35.3. The van der Waals surface area contributed by atoms with Gasteiger partial charge in [-0.2, -0.15) is 8.78 Å². The summed E-state index contributed by atoms with van der Waals surface area (Å²) in [6, 6.07) is 11.6. The van der Waals surface area contributed by atoms with Crippen molar-refractivity contribution in [1.82, 2.24) is 5.32 Å². The highest BCUT2D eigenvalue weighted by Crippen LogP contribution is 2.15. The van der Waals surface area contributed by atoms with Gasteiger partial charge in [0.2, 0.25) is 0 Å². The van der Waals surface area contributed by atoms with Crippen molar-refractivity contribution in [3.05, 3.63) is 65.7 Å². The number of hydrogen-bond acceptors (Lipinski definition) is 6. The highest BCUT2D eigenvalue weighted by molar-refractivity contribution is 6.05. The molecule has 2 aromatic rings. The number of halogens is 2. The van der Waals surface area contributed by atoms with E-state index in [0.29, 0.717) is 11.3 Å². The third-order valence-corrected chi connectivity index (χ3v) is 3.47. The lowest BCUT2D eigenvalue weighted by Gasteiger charge is -2.05. The maximum Gasteiger partial charge on any atom is 0.387 e. The summed E-state index contributed by atoms with van der Waals surface area (Å²) in [6.07, 6.45) is 2.43. The van der Waals surface area contributed by atoms with Crippen LogP contribution in [0.4, 0.5) is 8.78 Å². The molecule has 0 bridgehead atoms. The van der Waals surface area contributed by atoms with Gasteiger partial charge in [-0.1, -0.05) is 12.1 Å². The van der Waals surface area contributed by atoms with E-state index in [2.05, 4.69) is 10.1 Å². The van der Waals surface area contributed by atoms with Gasteiger partial charge in [-0.15, -0.1) is 0 Å². The fourth-order valence-electron chi connectivity index (χ4n) is 2.09. The summed E-state index contributed by atoms with van der Waals surface area (Å²) in [6.45, 7) is -3.57. The van der Waals surface area contributed by atoms with Gasteiger partial charge in [-0.3, -0.25) is 14.9 Å². The molecule has 0 aromatic heterocycles. The maximum atomic E-state index is 12.1. The molecule has 0 saturated heterocycles. The molecule has 0 aliphatic heterocycles. The number of benzene rings is 2. The molecule has 2 rings (SSSR count). The number of esters is 1. The molecule has 1 N–H and O–H groups in total. The van der Waals surface area contributed by atoms with Crippen molar-refractivity contribution < 1.29 is 37.4 Å². The van der Waals surface area contributed by atoms with Gasteiger partial charge in [0.05, 0.1) is 7.11 Å². The van der Waals surface area contributed by atoms with E-state index >= 15 is 0 Å². The Morgan fingerprint density at radius 3 is 2.21 bits per heavy atom. The van der Waals surface area contributed by atoms with E-state index in [9.17, 15) is 23.2 Å². The van der Waals surface area contributed by atoms with Crippen LogP contribution in [-0.4, -0.2) is 38.1 Å². The summed E-state index contributed by atoms with van der Waals surface area (Å²) in [5.41, 5.74) is 0.771. The molecule has 0 radical (unpaired) electrons. The van der Waals surface area contributed by atoms with Crippen LogP contribution in [0.3, 0.4) is 0 Å². The van der Waals surface area contributed by atoms with E-state index in [1.165, 1.54) is 49.6 Å². The van der Waals surface area contributed by atoms with Gasteiger partial charge < -0.3 is 14.2 Å². The summed E-state index contributed by atoms with van der Waals surface area (Å²) in [5, 5.41) is 2.09. The molecule has 0 spiro atoms. The first kappa shape index (κ1) is 21.5. The molecule has 7 nitrogen and oxygen atoms in total. The topological polar surface area (TPSA) is 90.9 Å². The Balaban J connectivity index is 1.78. The second-order valence-electron chi connectivity index (χ2n) is 5.49. The minimum absolute atomic E-state index is 0.0158. The van der Waals surface area contributed by atoms with Crippen LogP contribution in [0.5, 0.6) is 11.5 Å². The smallest absolute Gasteiger partial charge is 0.387 e. The van der Waals surface area contributed by atoms with E-state index in [1.54, 1.807) is 12.1 Å². The largest absolute Gasteiger partial charge is 0.497 e. The van der Waals surface area contributed by atoms with Gasteiger partial charge >= 0.3 is 12.6 Å². The normalized spacial score (nSPS) is 10.6. The summed E-state index contributed by atoms with van der Waals surface area (Å²) in [5.74, 6) is -1.70. The molecule has 0 aliphatic carbocycles. The fraction of sp³-hybridized carbons (Fsp3) is 0.150. The Hall–Kier alpha value is -3.75. The molecule has 2 amide bonds. The summed E-state index contributed by atoms with van der Waals surface area (Å²) < 4.78 is 38.1. The molecular formula is C20H17F2NO6. The molecule has 0 fully saturated rings. The minimum Gasteiger partial charge on any atom is -0.497 e. The predicted molar refractivity (Wildman–Crippen MR) is 98.5 cm³/mol. The van der Waals surface area contributed by atoms with E-state index in [0.717, 1.165) is 6.08 Å². The van der Waals surface area contributed by atoms with E-state index in [-0.39, 0.29) is 11.3 Å². The molecule has 29 heavy (non-hydrogen) atoms. The Morgan fingerprint density at radius 2 is 1.62 bits per heavy atom. The van der Waals surface area contributed by atoms with Crippen LogP contribution in [0, 0.1) is 0 Å². The first-order valence-corrected chi connectivity index (χ1v) is 8.25. The third-order valence-electron chi connectivity index (χ3n) is 3.47. The first-order chi connectivity index (χ1) is 13.9. The molecule has 0 unspecified atom stereocenters. The van der Waals surface area contributed by atoms with Gasteiger partial charge in [0.1, 0.15) is 11.5 Å². The van der Waals surface area contributed by atoms with E-state index in [4.69, 9.17) is 9.47 Å². The third kappa shape index (κ3) is 7.41. The number of alkyl halides is 2. The number of methoxy groups -OCH3 is 1. The van der Waals surface area contributed by atoms with Crippen LogP contribution in [-0.2, 0) is 14.3 Å². The van der Waals surface area contributed by atoms with Gasteiger partial charge in [-0.05, 0) is 48.0 Å². The van der Waals surface area contributed by atoms with Gasteiger partial charge in [-0.25, -0.2) is 4.79 Å². The summed E-state index contributed by atoms with van der Waals surface area (Å²) in [7, 11) is 1.48. The molecule has 2 aromatic carbocycles. The lowest BCUT2D eigenvalue weighted by molar-refractivity contribution is -0.143. The van der Waals surface area contributed by atoms with Crippen LogP contribution in [0.25, 0.3) is 6.08 Å². The van der Waals surface area contributed by atoms with Crippen molar-refractivity contribution in [2.45, 2.75) is 6.61 Å². The number of nitrogens with one attached hydrogen (secondary N) is 1. The quantitative estimate of drug-likeness (QED) is 0.537. The molecular weight excluding hydrogens is 388 g/mol. The highest BCUT2D eigenvalue weighted by Gasteiger charge is 2.12. The minimum atomic E-state index is -2.92. The Labute approximate surface area is 164 Å². The van der Waals surface area contributed by atoms with Crippen LogP contribution in [0.1, 0.15) is 15.9 Å². The average molecular weight is 405 g/mol. The number of amides is 2. The number of ether oxygens (including phenoxy) is 3. The van der Waals surface area contributed by atoms with Gasteiger partial charge in [0.25, 0.3) is 11.8 Å². The molecule has 9 heteroatoms. The van der Waals surface area contributed by atoms with E-state index in [1.807, 2.05) is 0 Å². The highest BCUT2D eigenvalue weighted by atomic mass is 19.3. The lowest BCUT2D eigenvalue weighted by Crippen LogP contribution is -2.34. The number of carbonyl (C=O) groups excluding carboxylic acids is 3. The van der Waals surface area contributed by atoms with Crippen LogP contribution in [0.15, 0.2) is 54.6 Å². The molecule has 152 valence electrons. The zero-order valence-electron chi connectivity index (χ0n) is 15.3. The van der Waals surface area contributed by atoms with Gasteiger partial charge in [0.15, 0.2) is 6.61 Å². The summed E-state index contributed by atoms with van der Waals surface area (Å²) >= 11 is 0. The second-order valence-corrected chi connectivity index (χ2v) is 5.49. The molecule has 0 heterocycles. The Morgan fingerprint density at radius 1 is 1.00 bits per heavy atom. The molecule has 0 saturated carbocycles. The second kappa shape index (κ2) is 10.5. The SMILES string of the molecule is COc1ccc(C(=O)NC(=O)COC(=O)C=Cc2ccc(OC(F)F)cc2)cc1. The number of imide groups is 1. The molecule has 0 aliphatic rings. The Bertz CT molecular complexity index is 879. The van der Waals surface area contributed by atoms with Crippen molar-refractivity contribution >= 4 is 23.9 Å². The van der Waals surface area contributed by atoms with Crippen LogP contribution >= 0.6 is 0 Å². The lowest BCUT2D eigenvalue weighted by atomic mass is 10.2. The Kier molecular flexibility index (Phi) is 7.84. The number of hydrogen-bond donors (Lipinski definition) is 1. The van der Waals surface area contributed by atoms with Crippen molar-refractivity contribution in [2.24, 2.45) is 0 Å². The van der Waals surface area contributed by atoms with E-state index < -0.39 is 31.0 Å². The van der Waals surface area contributed by atoms with Crippen molar-refractivity contribution in [3.63, 3.8) is 0 Å². The fourth-order valence-corrected chi connectivity index (χ4v) is 2.09. The van der Waals surface area contributed by atoms with Gasteiger partial charge in [0, 0.05) is 11.6 Å². The first-order valence-electron chi connectivity index (χ1n) is 8.25. The number of carbonyl (C=O) groups is 3. The van der Waals surface area contributed by atoms with Crippen molar-refractivity contribution in [3.8, 4) is 11.5 Å². The predicted octanol–water partition coefficient (Wildman–Crippen LogP) is 2.81. The maximum absolute atomic E-state index is 12.1.